The first-order chi connectivity index (χ1) is 14.3. The Kier molecular flexibility index (Phi) is 9.66. The molecule has 0 radical (unpaired) electrons. The van der Waals surface area contributed by atoms with E-state index in [9.17, 15) is 0 Å². The van der Waals surface area contributed by atoms with E-state index in [1.165, 1.54) is 86.2 Å². The van der Waals surface area contributed by atoms with Crippen molar-refractivity contribution in [1.29, 1.82) is 0 Å². The minimum Gasteiger partial charge on any atom is -0.144 e. The fourth-order valence-corrected chi connectivity index (χ4v) is 5.66. The van der Waals surface area contributed by atoms with Crippen LogP contribution < -0.4 is 0 Å². The van der Waals surface area contributed by atoms with Crippen LogP contribution in [0.25, 0.3) is 0 Å². The molecule has 1 saturated carbocycles. The minimum atomic E-state index is 0.792. The van der Waals surface area contributed by atoms with Gasteiger partial charge in [-0.1, -0.05) is 76.6 Å². The molecule has 0 spiro atoms. The van der Waals surface area contributed by atoms with Gasteiger partial charge in [-0.05, 0) is 61.5 Å². The molecule has 0 N–H and O–H groups in total. The minimum absolute atomic E-state index is 0.792. The third-order valence-corrected chi connectivity index (χ3v) is 7.67. The zero-order valence-electron chi connectivity index (χ0n) is 18.7. The summed E-state index contributed by atoms with van der Waals surface area (Å²) in [5.74, 6) is 1.78. The summed E-state index contributed by atoms with van der Waals surface area (Å²) < 4.78 is 0. The van der Waals surface area contributed by atoms with E-state index < -0.39 is 0 Å². The lowest BCUT2D eigenvalue weighted by Crippen LogP contribution is -2.13. The van der Waals surface area contributed by atoms with E-state index in [0.29, 0.717) is 0 Å². The van der Waals surface area contributed by atoms with Crippen molar-refractivity contribution in [3.63, 3.8) is 0 Å². The highest BCUT2D eigenvalue weighted by Gasteiger charge is 2.21. The maximum Gasteiger partial charge on any atom is 0.117 e. The highest BCUT2D eigenvalue weighted by atomic mass is 32.1. The average Bonchev–Trinajstić information content (AvgIpc) is 3.21. The highest BCUT2D eigenvalue weighted by molar-refractivity contribution is 7.11. The van der Waals surface area contributed by atoms with Gasteiger partial charge < -0.3 is 0 Å². The predicted molar refractivity (Wildman–Crippen MR) is 126 cm³/mol. The van der Waals surface area contributed by atoms with Gasteiger partial charge in [-0.3, -0.25) is 0 Å². The van der Waals surface area contributed by atoms with Gasteiger partial charge in [-0.2, -0.15) is 0 Å². The van der Waals surface area contributed by atoms with Crippen molar-refractivity contribution in [2.45, 2.75) is 110 Å². The third-order valence-electron chi connectivity index (χ3n) is 6.63. The summed E-state index contributed by atoms with van der Waals surface area (Å²) in [7, 11) is 0. The number of aryl methyl sites for hydroxylation is 3. The Balaban J connectivity index is 1.39. The molecule has 1 aromatic carbocycles. The summed E-state index contributed by atoms with van der Waals surface area (Å²) in [5, 5.41) is 11.3. The van der Waals surface area contributed by atoms with Gasteiger partial charge in [0.15, 0.2) is 0 Å². The zero-order chi connectivity index (χ0) is 20.3. The molecular weight excluding hydrogens is 372 g/mol. The second-order valence-corrected chi connectivity index (χ2v) is 10.1. The molecule has 3 rings (SSSR count). The van der Waals surface area contributed by atoms with Gasteiger partial charge in [0.2, 0.25) is 0 Å². The van der Waals surface area contributed by atoms with Gasteiger partial charge in [0, 0.05) is 12.8 Å². The molecule has 160 valence electrons. The summed E-state index contributed by atoms with van der Waals surface area (Å²) in [5.41, 5.74) is 3.00. The van der Waals surface area contributed by atoms with Crippen molar-refractivity contribution < 1.29 is 0 Å². The first kappa shape index (κ1) is 22.5. The van der Waals surface area contributed by atoms with Crippen molar-refractivity contribution >= 4 is 11.3 Å². The van der Waals surface area contributed by atoms with E-state index in [1.54, 1.807) is 5.56 Å². The van der Waals surface area contributed by atoms with E-state index in [2.05, 4.69) is 48.3 Å². The van der Waals surface area contributed by atoms with Crippen LogP contribution in [0, 0.1) is 5.92 Å². The fourth-order valence-electron chi connectivity index (χ4n) is 4.77. The SMILES string of the molecule is CCCCCCCc1nnc(CCc2ccc(C3CCC(CCC)CC3)cc2)s1. The van der Waals surface area contributed by atoms with Crippen LogP contribution in [0.3, 0.4) is 0 Å². The van der Waals surface area contributed by atoms with Crippen molar-refractivity contribution in [2.75, 3.05) is 0 Å². The summed E-state index contributed by atoms with van der Waals surface area (Å²) in [4.78, 5) is 0. The molecule has 3 heteroatoms. The monoisotopic (exact) mass is 412 g/mol. The standard InChI is InChI=1S/C26H40N2S/c1-3-5-6-7-8-10-25-27-28-26(29-25)20-15-22-13-18-24(19-14-22)23-16-11-21(9-4-2)12-17-23/h13-14,18-19,21,23H,3-12,15-17,20H2,1-2H3. The van der Waals surface area contributed by atoms with Crippen LogP contribution in [0.1, 0.15) is 112 Å². The molecule has 1 heterocycles. The van der Waals surface area contributed by atoms with Crippen LogP contribution in [-0.2, 0) is 19.3 Å². The number of hydrogen-bond donors (Lipinski definition) is 0. The molecule has 0 amide bonds. The first-order valence-electron chi connectivity index (χ1n) is 12.2. The Morgan fingerprint density at radius 3 is 2.14 bits per heavy atom. The van der Waals surface area contributed by atoms with Gasteiger partial charge in [0.1, 0.15) is 10.0 Å². The largest absolute Gasteiger partial charge is 0.144 e. The molecule has 0 unspecified atom stereocenters. The lowest BCUT2D eigenvalue weighted by molar-refractivity contribution is 0.308. The molecule has 0 aliphatic heterocycles. The summed E-state index contributed by atoms with van der Waals surface area (Å²) >= 11 is 1.82. The smallest absolute Gasteiger partial charge is 0.117 e. The Morgan fingerprint density at radius 1 is 0.759 bits per heavy atom. The van der Waals surface area contributed by atoms with Gasteiger partial charge in [-0.25, -0.2) is 0 Å². The molecule has 1 aromatic heterocycles. The molecule has 1 fully saturated rings. The molecular formula is C26H40N2S. The Bertz CT molecular complexity index is 683. The Morgan fingerprint density at radius 2 is 1.45 bits per heavy atom. The van der Waals surface area contributed by atoms with Crippen molar-refractivity contribution in [3.8, 4) is 0 Å². The second-order valence-electron chi connectivity index (χ2n) is 9.00. The lowest BCUT2D eigenvalue weighted by atomic mass is 9.77. The predicted octanol–water partition coefficient (Wildman–Crippen LogP) is 7.91. The maximum atomic E-state index is 4.43. The van der Waals surface area contributed by atoms with Crippen LogP contribution in [0.5, 0.6) is 0 Å². The van der Waals surface area contributed by atoms with Crippen LogP contribution in [0.15, 0.2) is 24.3 Å². The van der Waals surface area contributed by atoms with Crippen molar-refractivity contribution in [1.82, 2.24) is 10.2 Å². The van der Waals surface area contributed by atoms with Gasteiger partial charge in [0.25, 0.3) is 0 Å². The number of benzene rings is 1. The number of hydrogen-bond acceptors (Lipinski definition) is 3. The average molecular weight is 413 g/mol. The normalized spacial score (nSPS) is 19.5. The lowest BCUT2D eigenvalue weighted by Gasteiger charge is -2.28. The maximum absolute atomic E-state index is 4.43. The van der Waals surface area contributed by atoms with Gasteiger partial charge in [0.05, 0.1) is 0 Å². The zero-order valence-corrected chi connectivity index (χ0v) is 19.5. The molecule has 1 aliphatic rings. The molecule has 2 aromatic rings. The Labute approximate surface area is 182 Å². The second kappa shape index (κ2) is 12.5. The molecule has 0 bridgehead atoms. The van der Waals surface area contributed by atoms with E-state index in [0.717, 1.165) is 31.1 Å². The quantitative estimate of drug-likeness (QED) is 0.331. The number of rotatable bonds is 12. The van der Waals surface area contributed by atoms with Crippen LogP contribution in [0.2, 0.25) is 0 Å². The first-order valence-corrected chi connectivity index (χ1v) is 13.0. The van der Waals surface area contributed by atoms with Crippen LogP contribution >= 0.6 is 11.3 Å². The summed E-state index contributed by atoms with van der Waals surface area (Å²) in [6.45, 7) is 4.59. The van der Waals surface area contributed by atoms with Gasteiger partial charge >= 0.3 is 0 Å². The fraction of sp³-hybridized carbons (Fsp3) is 0.692. The molecule has 2 nitrogen and oxygen atoms in total. The topological polar surface area (TPSA) is 25.8 Å². The van der Waals surface area contributed by atoms with Crippen LogP contribution in [0.4, 0.5) is 0 Å². The number of aromatic nitrogens is 2. The van der Waals surface area contributed by atoms with E-state index in [4.69, 9.17) is 0 Å². The van der Waals surface area contributed by atoms with Crippen LogP contribution in [-0.4, -0.2) is 10.2 Å². The summed E-state index contributed by atoms with van der Waals surface area (Å²) in [6.07, 6.45) is 18.2. The number of unbranched alkanes of at least 4 members (excludes halogenated alkanes) is 4. The van der Waals surface area contributed by atoms with E-state index >= 15 is 0 Å². The molecule has 1 aliphatic carbocycles. The Hall–Kier alpha value is -1.22. The summed E-state index contributed by atoms with van der Waals surface area (Å²) in [6, 6.07) is 9.48. The third kappa shape index (κ3) is 7.51. The molecule has 0 saturated heterocycles. The molecule has 29 heavy (non-hydrogen) atoms. The van der Waals surface area contributed by atoms with Gasteiger partial charge in [-0.15, -0.1) is 21.5 Å². The van der Waals surface area contributed by atoms with E-state index in [1.807, 2.05) is 11.3 Å². The van der Waals surface area contributed by atoms with Crippen molar-refractivity contribution in [2.24, 2.45) is 5.92 Å². The van der Waals surface area contributed by atoms with Crippen molar-refractivity contribution in [3.05, 3.63) is 45.4 Å². The van der Waals surface area contributed by atoms with E-state index in [-0.39, 0.29) is 0 Å². The number of nitrogens with zero attached hydrogens (tertiary/aromatic N) is 2. The highest BCUT2D eigenvalue weighted by Crippen LogP contribution is 2.37. The molecule has 0 atom stereocenters.